The summed E-state index contributed by atoms with van der Waals surface area (Å²) in [5.41, 5.74) is 0. The number of hydrogen-bond donors (Lipinski definition) is 2. The highest BCUT2D eigenvalue weighted by Gasteiger charge is 2.24. The van der Waals surface area contributed by atoms with Crippen molar-refractivity contribution in [3.63, 3.8) is 0 Å². The van der Waals surface area contributed by atoms with Gasteiger partial charge < -0.3 is 15.3 Å². The highest BCUT2D eigenvalue weighted by Crippen LogP contribution is 2.21. The predicted octanol–water partition coefficient (Wildman–Crippen LogP) is 1.39. The number of aliphatic hydroxyl groups excluding tert-OH is 1. The van der Waals surface area contributed by atoms with Crippen LogP contribution in [-0.4, -0.2) is 48.7 Å². The van der Waals surface area contributed by atoms with Crippen LogP contribution in [0.5, 0.6) is 0 Å². The monoisotopic (exact) mass is 268 g/mol. The molecule has 2 atom stereocenters. The van der Waals surface area contributed by atoms with Gasteiger partial charge >= 0.3 is 0 Å². The van der Waals surface area contributed by atoms with Crippen LogP contribution >= 0.6 is 0 Å². The van der Waals surface area contributed by atoms with Gasteiger partial charge in [0.1, 0.15) is 0 Å². The number of aliphatic hydroxyl groups is 1. The quantitative estimate of drug-likeness (QED) is 0.792. The van der Waals surface area contributed by atoms with Gasteiger partial charge in [-0.15, -0.1) is 0 Å². The molecule has 4 heteroatoms. The molecule has 2 rings (SSSR count). The van der Waals surface area contributed by atoms with Crippen LogP contribution in [-0.2, 0) is 4.79 Å². The fourth-order valence-electron chi connectivity index (χ4n) is 3.37. The number of carbonyl (C=O) groups is 1. The molecule has 0 aliphatic carbocycles. The lowest BCUT2D eigenvalue weighted by atomic mass is 9.93. The van der Waals surface area contributed by atoms with Crippen molar-refractivity contribution >= 4 is 5.91 Å². The molecule has 4 nitrogen and oxygen atoms in total. The Balaban J connectivity index is 1.69. The average molecular weight is 268 g/mol. The smallest absolute Gasteiger partial charge is 0.222 e. The molecule has 0 radical (unpaired) electrons. The van der Waals surface area contributed by atoms with Gasteiger partial charge in [-0.25, -0.2) is 0 Å². The van der Waals surface area contributed by atoms with Crippen molar-refractivity contribution in [2.45, 2.75) is 44.9 Å². The van der Waals surface area contributed by atoms with E-state index >= 15 is 0 Å². The molecule has 2 aliphatic heterocycles. The van der Waals surface area contributed by atoms with Gasteiger partial charge in [0, 0.05) is 26.1 Å². The third kappa shape index (κ3) is 4.77. The zero-order chi connectivity index (χ0) is 13.5. The Labute approximate surface area is 116 Å². The SMILES string of the molecule is O=C(CCC1CCCNC1)N1CCCC(CCO)C1. The summed E-state index contributed by atoms with van der Waals surface area (Å²) >= 11 is 0. The Morgan fingerprint density at radius 1 is 1.21 bits per heavy atom. The fraction of sp³-hybridized carbons (Fsp3) is 0.933. The van der Waals surface area contributed by atoms with Crippen LogP contribution in [0.2, 0.25) is 0 Å². The summed E-state index contributed by atoms with van der Waals surface area (Å²) < 4.78 is 0. The van der Waals surface area contributed by atoms with Crippen molar-refractivity contribution in [2.24, 2.45) is 11.8 Å². The van der Waals surface area contributed by atoms with Gasteiger partial charge in [0.2, 0.25) is 5.91 Å². The molecule has 19 heavy (non-hydrogen) atoms. The summed E-state index contributed by atoms with van der Waals surface area (Å²) in [7, 11) is 0. The van der Waals surface area contributed by atoms with E-state index in [1.165, 1.54) is 12.8 Å². The molecule has 0 aromatic rings. The number of rotatable bonds is 5. The van der Waals surface area contributed by atoms with Crippen molar-refractivity contribution in [3.05, 3.63) is 0 Å². The van der Waals surface area contributed by atoms with Gasteiger partial charge in [-0.05, 0) is 63.5 Å². The summed E-state index contributed by atoms with van der Waals surface area (Å²) in [6.07, 6.45) is 7.37. The number of piperidine rings is 2. The van der Waals surface area contributed by atoms with Crippen LogP contribution in [0.3, 0.4) is 0 Å². The molecule has 1 amide bonds. The average Bonchev–Trinajstić information content (AvgIpc) is 2.46. The molecule has 0 aromatic heterocycles. The minimum absolute atomic E-state index is 0.250. The Bertz CT molecular complexity index is 275. The van der Waals surface area contributed by atoms with E-state index in [2.05, 4.69) is 5.32 Å². The van der Waals surface area contributed by atoms with Gasteiger partial charge in [-0.1, -0.05) is 0 Å². The number of nitrogens with one attached hydrogen (secondary N) is 1. The molecule has 2 N–H and O–H groups in total. The maximum absolute atomic E-state index is 12.2. The van der Waals surface area contributed by atoms with Crippen molar-refractivity contribution in [3.8, 4) is 0 Å². The lowest BCUT2D eigenvalue weighted by Crippen LogP contribution is -2.40. The second-order valence-corrected chi connectivity index (χ2v) is 6.11. The van der Waals surface area contributed by atoms with Gasteiger partial charge in [0.25, 0.3) is 0 Å². The predicted molar refractivity (Wildman–Crippen MR) is 75.8 cm³/mol. The lowest BCUT2D eigenvalue weighted by molar-refractivity contribution is -0.133. The first-order valence-electron chi connectivity index (χ1n) is 7.89. The van der Waals surface area contributed by atoms with Crippen molar-refractivity contribution in [1.29, 1.82) is 0 Å². The third-order valence-corrected chi connectivity index (χ3v) is 4.57. The van der Waals surface area contributed by atoms with Crippen LogP contribution in [0.25, 0.3) is 0 Å². The van der Waals surface area contributed by atoms with Crippen LogP contribution in [0.4, 0.5) is 0 Å². The van der Waals surface area contributed by atoms with Crippen LogP contribution < -0.4 is 5.32 Å². The van der Waals surface area contributed by atoms with Gasteiger partial charge in [0.05, 0.1) is 0 Å². The maximum atomic E-state index is 12.2. The number of amides is 1. The zero-order valence-corrected chi connectivity index (χ0v) is 11.9. The van der Waals surface area contributed by atoms with E-state index in [1.54, 1.807) is 0 Å². The highest BCUT2D eigenvalue weighted by molar-refractivity contribution is 5.76. The Morgan fingerprint density at radius 2 is 2.05 bits per heavy atom. The Hall–Kier alpha value is -0.610. The van der Waals surface area contributed by atoms with Gasteiger partial charge in [-0.3, -0.25) is 4.79 Å². The summed E-state index contributed by atoms with van der Waals surface area (Å²) in [5, 5.41) is 12.4. The minimum Gasteiger partial charge on any atom is -0.396 e. The standard InChI is InChI=1S/C15H28N2O2/c18-10-7-14-4-2-9-17(12-14)15(19)6-5-13-3-1-8-16-11-13/h13-14,16,18H,1-12H2. The lowest BCUT2D eigenvalue weighted by Gasteiger charge is -2.33. The first-order chi connectivity index (χ1) is 9.29. The maximum Gasteiger partial charge on any atom is 0.222 e. The molecule has 2 saturated heterocycles. The van der Waals surface area contributed by atoms with E-state index in [0.29, 0.717) is 24.2 Å². The zero-order valence-electron chi connectivity index (χ0n) is 11.9. The molecule has 0 bridgehead atoms. The van der Waals surface area contributed by atoms with Crippen molar-refractivity contribution in [2.75, 3.05) is 32.8 Å². The molecule has 0 saturated carbocycles. The van der Waals surface area contributed by atoms with E-state index in [-0.39, 0.29) is 6.61 Å². The fourth-order valence-corrected chi connectivity index (χ4v) is 3.37. The van der Waals surface area contributed by atoms with Gasteiger partial charge in [-0.2, -0.15) is 0 Å². The van der Waals surface area contributed by atoms with E-state index in [1.807, 2.05) is 4.90 Å². The Morgan fingerprint density at radius 3 is 2.79 bits per heavy atom. The second kappa shape index (κ2) is 7.85. The number of hydrogen-bond acceptors (Lipinski definition) is 3. The molecule has 2 fully saturated rings. The molecule has 2 heterocycles. The van der Waals surface area contributed by atoms with Gasteiger partial charge in [0.15, 0.2) is 0 Å². The molecule has 0 aromatic carbocycles. The summed E-state index contributed by atoms with van der Waals surface area (Å²) in [6, 6.07) is 0. The first-order valence-corrected chi connectivity index (χ1v) is 7.89. The van der Waals surface area contributed by atoms with Crippen LogP contribution in [0.1, 0.15) is 44.9 Å². The summed E-state index contributed by atoms with van der Waals surface area (Å²) in [6.45, 7) is 4.26. The number of likely N-dealkylation sites (tertiary alicyclic amines) is 1. The largest absolute Gasteiger partial charge is 0.396 e. The van der Waals surface area contributed by atoms with Crippen molar-refractivity contribution < 1.29 is 9.90 Å². The molecular formula is C15H28N2O2. The van der Waals surface area contributed by atoms with E-state index < -0.39 is 0 Å². The molecular weight excluding hydrogens is 240 g/mol. The minimum atomic E-state index is 0.250. The second-order valence-electron chi connectivity index (χ2n) is 6.11. The molecule has 0 spiro atoms. The van der Waals surface area contributed by atoms with E-state index in [9.17, 15) is 4.79 Å². The molecule has 2 aliphatic rings. The van der Waals surface area contributed by atoms with Crippen LogP contribution in [0, 0.1) is 11.8 Å². The first kappa shape index (κ1) is 14.8. The Kier molecular flexibility index (Phi) is 6.11. The number of nitrogens with zero attached hydrogens (tertiary/aromatic N) is 1. The normalized spacial score (nSPS) is 28.4. The number of carbonyl (C=O) groups excluding carboxylic acids is 1. The molecule has 110 valence electrons. The summed E-state index contributed by atoms with van der Waals surface area (Å²) in [5.74, 6) is 1.53. The topological polar surface area (TPSA) is 52.6 Å². The van der Waals surface area contributed by atoms with E-state index in [0.717, 1.165) is 51.9 Å². The third-order valence-electron chi connectivity index (χ3n) is 4.57. The highest BCUT2D eigenvalue weighted by atomic mass is 16.3. The van der Waals surface area contributed by atoms with E-state index in [4.69, 9.17) is 5.11 Å². The van der Waals surface area contributed by atoms with Crippen LogP contribution in [0.15, 0.2) is 0 Å². The molecule has 2 unspecified atom stereocenters. The van der Waals surface area contributed by atoms with Crippen molar-refractivity contribution in [1.82, 2.24) is 10.2 Å². The summed E-state index contributed by atoms with van der Waals surface area (Å²) in [4.78, 5) is 14.3.